The Morgan fingerprint density at radius 3 is 1.35 bits per heavy atom. The molecular weight excluding hydrogens is 384 g/mol. The molecule has 12 heteroatoms. The predicted octanol–water partition coefficient (Wildman–Crippen LogP) is 0.236. The Bertz CT molecular complexity index is 979. The van der Waals surface area contributed by atoms with Gasteiger partial charge >= 0.3 is 0 Å². The topological polar surface area (TPSA) is 190 Å². The summed E-state index contributed by atoms with van der Waals surface area (Å²) in [4.78, 5) is -1.12. The van der Waals surface area contributed by atoms with Crippen molar-refractivity contribution in [2.45, 2.75) is 9.79 Å². The highest BCUT2D eigenvalue weighted by Crippen LogP contribution is 2.25. The molecule has 0 heterocycles. The van der Waals surface area contributed by atoms with Gasteiger partial charge in [-0.25, -0.2) is 16.8 Å². The number of hydrogen-bond acceptors (Lipinski definition) is 10. The van der Waals surface area contributed by atoms with Crippen LogP contribution >= 0.6 is 0 Å². The maximum absolute atomic E-state index is 11.4. The van der Waals surface area contributed by atoms with Crippen molar-refractivity contribution in [3.8, 4) is 0 Å². The molecule has 0 radical (unpaired) electrons. The molecule has 0 atom stereocenters. The lowest BCUT2D eigenvalue weighted by Gasteiger charge is -2.14. The fraction of sp³-hybridized carbons (Fsp3) is 0. The molecule has 0 saturated heterocycles. The summed E-state index contributed by atoms with van der Waals surface area (Å²) in [7, 11) is -9.65. The molecule has 2 aromatic carbocycles. The first kappa shape index (κ1) is 19.8. The van der Waals surface area contributed by atoms with Gasteiger partial charge in [-0.15, -0.1) is 0 Å². The fourth-order valence-corrected chi connectivity index (χ4v) is 3.53. The van der Waals surface area contributed by atoms with Crippen LogP contribution in [-0.2, 0) is 20.2 Å². The molecule has 0 unspecified atom stereocenters. The van der Waals surface area contributed by atoms with Gasteiger partial charge in [0.15, 0.2) is 0 Å². The van der Waals surface area contributed by atoms with Crippen LogP contribution in [0.3, 0.4) is 0 Å². The number of nitrogen functional groups attached to an aromatic ring is 2. The molecule has 0 aliphatic carbocycles. The number of rotatable bonds is 6. The highest BCUT2D eigenvalue weighted by atomic mass is 32.2. The third kappa shape index (κ3) is 4.57. The van der Waals surface area contributed by atoms with Crippen LogP contribution < -0.4 is 22.5 Å². The molecule has 0 aliphatic rings. The number of anilines is 2. The van der Waals surface area contributed by atoms with E-state index in [0.29, 0.717) is 0 Å². The Kier molecular flexibility index (Phi) is 5.65. The molecule has 10 nitrogen and oxygen atoms in total. The summed E-state index contributed by atoms with van der Waals surface area (Å²) in [6.45, 7) is 0. The Labute approximate surface area is 150 Å². The second kappa shape index (κ2) is 7.41. The Balaban J connectivity index is 2.58. The molecule has 140 valence electrons. The zero-order valence-electron chi connectivity index (χ0n) is 13.0. The van der Waals surface area contributed by atoms with Crippen LogP contribution in [0.25, 0.3) is 12.2 Å². The minimum Gasteiger partial charge on any atom is -0.744 e. The summed E-state index contributed by atoms with van der Waals surface area (Å²) >= 11 is 0. The smallest absolute Gasteiger partial charge is 0.125 e. The van der Waals surface area contributed by atoms with E-state index in [1.54, 1.807) is 0 Å². The van der Waals surface area contributed by atoms with E-state index < -0.39 is 30.0 Å². The van der Waals surface area contributed by atoms with E-state index in [-0.39, 0.29) is 22.5 Å². The fourth-order valence-electron chi connectivity index (χ4n) is 2.14. The van der Waals surface area contributed by atoms with E-state index in [2.05, 4.69) is 10.9 Å². The number of nitrogens with two attached hydrogens (primary N) is 2. The SMILES string of the molecule is NNc1ccc(C=Cc2ccc(NN)cc2S(=O)(=O)[O-])c(S(=O)(=O)[O-])c1. The maximum atomic E-state index is 11.4. The van der Waals surface area contributed by atoms with Crippen LogP contribution in [0.15, 0.2) is 46.2 Å². The maximum Gasteiger partial charge on any atom is 0.125 e. The van der Waals surface area contributed by atoms with Gasteiger partial charge in [-0.05, 0) is 35.4 Å². The van der Waals surface area contributed by atoms with Gasteiger partial charge in [0, 0.05) is 11.4 Å². The quantitative estimate of drug-likeness (QED) is 0.227. The van der Waals surface area contributed by atoms with Crippen molar-refractivity contribution in [3.63, 3.8) is 0 Å². The second-order valence-electron chi connectivity index (χ2n) is 5.04. The van der Waals surface area contributed by atoms with Crippen LogP contribution in [0.2, 0.25) is 0 Å². The summed E-state index contributed by atoms with van der Waals surface area (Å²) in [6.07, 6.45) is 2.40. The first-order chi connectivity index (χ1) is 12.1. The first-order valence-electron chi connectivity index (χ1n) is 6.87. The van der Waals surface area contributed by atoms with Crippen LogP contribution in [0.1, 0.15) is 11.1 Å². The minimum absolute atomic E-state index is 0.00530. The Hall–Kier alpha value is -2.48. The molecule has 0 aromatic heterocycles. The normalized spacial score (nSPS) is 12.3. The number of nitrogens with one attached hydrogen (secondary N) is 2. The van der Waals surface area contributed by atoms with Gasteiger partial charge in [0.2, 0.25) is 0 Å². The van der Waals surface area contributed by atoms with Crippen LogP contribution in [0.4, 0.5) is 11.4 Å². The van der Waals surface area contributed by atoms with Gasteiger partial charge in [0.05, 0.1) is 9.79 Å². The van der Waals surface area contributed by atoms with Crippen molar-refractivity contribution in [2.75, 3.05) is 10.9 Å². The van der Waals surface area contributed by atoms with Crippen molar-refractivity contribution in [2.24, 2.45) is 11.7 Å². The highest BCUT2D eigenvalue weighted by Gasteiger charge is 2.11. The molecule has 0 bridgehead atoms. The van der Waals surface area contributed by atoms with Crippen molar-refractivity contribution < 1.29 is 25.9 Å². The standard InChI is InChI=1S/C14H16N4O6S2/c15-17-11-5-3-9(13(7-11)25(19,20)21)1-2-10-4-6-12(18-16)8-14(10)26(22,23)24/h1-8,17-18H,15-16H2,(H,19,20,21)(H,22,23,24)/p-2. The van der Waals surface area contributed by atoms with Crippen molar-refractivity contribution >= 4 is 43.8 Å². The van der Waals surface area contributed by atoms with Gasteiger partial charge in [-0.2, -0.15) is 0 Å². The summed E-state index contributed by atoms with van der Waals surface area (Å²) in [5, 5.41) is 0. The average molecular weight is 398 g/mol. The van der Waals surface area contributed by atoms with E-state index in [1.807, 2.05) is 0 Å². The van der Waals surface area contributed by atoms with E-state index in [4.69, 9.17) is 11.7 Å². The lowest BCUT2D eigenvalue weighted by Crippen LogP contribution is -2.09. The Morgan fingerprint density at radius 2 is 1.08 bits per heavy atom. The molecule has 0 saturated carbocycles. The number of hydrogen-bond donors (Lipinski definition) is 4. The van der Waals surface area contributed by atoms with Crippen LogP contribution in [0, 0.1) is 0 Å². The zero-order chi connectivity index (χ0) is 19.5. The molecule has 2 aromatic rings. The second-order valence-corrected chi connectivity index (χ2v) is 7.73. The number of benzene rings is 2. The number of hydrazine groups is 2. The third-order valence-corrected chi connectivity index (χ3v) is 5.13. The molecule has 0 aliphatic heterocycles. The summed E-state index contributed by atoms with van der Waals surface area (Å²) in [6, 6.07) is 7.51. The lowest BCUT2D eigenvalue weighted by atomic mass is 10.1. The van der Waals surface area contributed by atoms with Gasteiger partial charge in [-0.1, -0.05) is 24.3 Å². The largest absolute Gasteiger partial charge is 0.744 e. The van der Waals surface area contributed by atoms with E-state index in [9.17, 15) is 25.9 Å². The molecule has 0 amide bonds. The van der Waals surface area contributed by atoms with Gasteiger partial charge in [0.1, 0.15) is 20.2 Å². The monoisotopic (exact) mass is 398 g/mol. The molecular formula is C14H14N4O6S2-2. The van der Waals surface area contributed by atoms with Crippen LogP contribution in [0.5, 0.6) is 0 Å². The summed E-state index contributed by atoms with van der Waals surface area (Å²) in [5.74, 6) is 10.4. The third-order valence-electron chi connectivity index (χ3n) is 3.34. The van der Waals surface area contributed by atoms with E-state index in [0.717, 1.165) is 12.1 Å². The van der Waals surface area contributed by atoms with Crippen molar-refractivity contribution in [1.82, 2.24) is 0 Å². The van der Waals surface area contributed by atoms with Gasteiger partial charge in [0.25, 0.3) is 0 Å². The van der Waals surface area contributed by atoms with Crippen LogP contribution in [-0.4, -0.2) is 25.9 Å². The van der Waals surface area contributed by atoms with E-state index in [1.165, 1.54) is 36.4 Å². The molecule has 0 spiro atoms. The van der Waals surface area contributed by atoms with E-state index >= 15 is 0 Å². The summed E-state index contributed by atoms with van der Waals surface area (Å²) < 4.78 is 68.5. The average Bonchev–Trinajstić information content (AvgIpc) is 2.58. The lowest BCUT2D eigenvalue weighted by molar-refractivity contribution is 0.460. The molecule has 26 heavy (non-hydrogen) atoms. The van der Waals surface area contributed by atoms with Gasteiger partial charge < -0.3 is 20.0 Å². The molecule has 2 rings (SSSR count). The van der Waals surface area contributed by atoms with Crippen molar-refractivity contribution in [3.05, 3.63) is 47.5 Å². The zero-order valence-corrected chi connectivity index (χ0v) is 14.7. The van der Waals surface area contributed by atoms with Crippen molar-refractivity contribution in [1.29, 1.82) is 0 Å². The minimum atomic E-state index is -4.82. The predicted molar refractivity (Wildman–Crippen MR) is 93.4 cm³/mol. The Morgan fingerprint density at radius 1 is 0.731 bits per heavy atom. The molecule has 0 fully saturated rings. The highest BCUT2D eigenvalue weighted by molar-refractivity contribution is 7.86. The summed E-state index contributed by atoms with van der Waals surface area (Å²) in [5.41, 5.74) is 4.80. The molecule has 6 N–H and O–H groups in total. The van der Waals surface area contributed by atoms with Gasteiger partial charge in [-0.3, -0.25) is 11.7 Å². The first-order valence-corrected chi connectivity index (χ1v) is 9.69.